The molecule has 174 valence electrons. The number of carbonyl (C=O) groups is 1. The van der Waals surface area contributed by atoms with Crippen LogP contribution in [0.4, 0.5) is 5.69 Å². The van der Waals surface area contributed by atoms with Gasteiger partial charge in [0.25, 0.3) is 10.0 Å². The van der Waals surface area contributed by atoms with Crippen LogP contribution in [-0.4, -0.2) is 27.5 Å². The Kier molecular flexibility index (Phi) is 8.00. The van der Waals surface area contributed by atoms with Gasteiger partial charge in [-0.25, -0.2) is 8.42 Å². The molecule has 8 heteroatoms. The Hall–Kier alpha value is -3.03. The molecular weight excluding hydrogens is 460 g/mol. The van der Waals surface area contributed by atoms with E-state index < -0.39 is 15.9 Å². The molecule has 1 amide bonds. The van der Waals surface area contributed by atoms with Gasteiger partial charge in [0.2, 0.25) is 5.91 Å². The lowest BCUT2D eigenvalue weighted by Crippen LogP contribution is -2.42. The molecule has 0 aromatic heterocycles. The first kappa shape index (κ1) is 24.6. The minimum absolute atomic E-state index is 0.0942. The van der Waals surface area contributed by atoms with E-state index in [0.717, 1.165) is 15.6 Å². The van der Waals surface area contributed by atoms with E-state index in [2.05, 4.69) is 5.32 Å². The Morgan fingerprint density at radius 3 is 2.33 bits per heavy atom. The minimum Gasteiger partial charge on any atom is -0.494 e. The summed E-state index contributed by atoms with van der Waals surface area (Å²) in [6, 6.07) is 20.1. The number of amides is 1. The van der Waals surface area contributed by atoms with Crippen LogP contribution >= 0.6 is 11.6 Å². The second-order valence-corrected chi connectivity index (χ2v) is 9.77. The van der Waals surface area contributed by atoms with Crippen molar-refractivity contribution >= 4 is 33.2 Å². The standard InChI is InChI=1S/C25H27ClN2O4S/c1-4-32-21-15-13-20(14-16-21)19(3)27-25(29)17-28(24-12-8-11-23(26)18(24)2)33(30,31)22-9-6-5-7-10-22/h5-16,19H,4,17H2,1-3H3,(H,27,29)/t19-/m0/s1. The van der Waals surface area contributed by atoms with E-state index in [-0.39, 0.29) is 17.5 Å². The van der Waals surface area contributed by atoms with Crippen LogP contribution in [0.2, 0.25) is 5.02 Å². The maximum absolute atomic E-state index is 13.5. The molecule has 0 aliphatic carbocycles. The Morgan fingerprint density at radius 2 is 1.70 bits per heavy atom. The minimum atomic E-state index is -4.00. The van der Waals surface area contributed by atoms with E-state index in [9.17, 15) is 13.2 Å². The van der Waals surface area contributed by atoms with Gasteiger partial charge in [-0.05, 0) is 68.3 Å². The van der Waals surface area contributed by atoms with Crippen LogP contribution in [0.25, 0.3) is 0 Å². The van der Waals surface area contributed by atoms with Crippen LogP contribution in [0.5, 0.6) is 5.75 Å². The average molecular weight is 487 g/mol. The molecule has 0 fully saturated rings. The van der Waals surface area contributed by atoms with Crippen LogP contribution < -0.4 is 14.4 Å². The topological polar surface area (TPSA) is 75.7 Å². The number of hydrogen-bond donors (Lipinski definition) is 1. The molecular formula is C25H27ClN2O4S. The number of nitrogens with zero attached hydrogens (tertiary/aromatic N) is 1. The number of benzene rings is 3. The van der Waals surface area contributed by atoms with Crippen molar-refractivity contribution < 1.29 is 17.9 Å². The molecule has 0 bridgehead atoms. The number of rotatable bonds is 9. The largest absolute Gasteiger partial charge is 0.494 e. The molecule has 33 heavy (non-hydrogen) atoms. The average Bonchev–Trinajstić information content (AvgIpc) is 2.80. The summed E-state index contributed by atoms with van der Waals surface area (Å²) in [7, 11) is -4.00. The van der Waals surface area contributed by atoms with Gasteiger partial charge in [-0.15, -0.1) is 0 Å². The van der Waals surface area contributed by atoms with Gasteiger partial charge in [0, 0.05) is 5.02 Å². The fourth-order valence-corrected chi connectivity index (χ4v) is 5.07. The zero-order chi connectivity index (χ0) is 24.0. The summed E-state index contributed by atoms with van der Waals surface area (Å²) in [5.41, 5.74) is 1.81. The van der Waals surface area contributed by atoms with E-state index in [0.29, 0.717) is 22.9 Å². The zero-order valence-corrected chi connectivity index (χ0v) is 20.4. The Labute approximate surface area is 200 Å². The molecule has 0 spiro atoms. The fourth-order valence-electron chi connectivity index (χ4n) is 3.41. The molecule has 0 aliphatic rings. The first-order valence-corrected chi connectivity index (χ1v) is 12.4. The normalized spacial score (nSPS) is 12.1. The van der Waals surface area contributed by atoms with E-state index in [1.165, 1.54) is 12.1 Å². The number of ether oxygens (including phenoxy) is 1. The first-order valence-electron chi connectivity index (χ1n) is 10.6. The van der Waals surface area contributed by atoms with Crippen LogP contribution in [0, 0.1) is 6.92 Å². The number of hydrogen-bond acceptors (Lipinski definition) is 4. The summed E-state index contributed by atoms with van der Waals surface area (Å²) >= 11 is 6.26. The van der Waals surface area contributed by atoms with Crippen molar-refractivity contribution in [2.75, 3.05) is 17.5 Å². The van der Waals surface area contributed by atoms with Gasteiger partial charge >= 0.3 is 0 Å². The van der Waals surface area contributed by atoms with Crippen LogP contribution in [0.15, 0.2) is 77.7 Å². The summed E-state index contributed by atoms with van der Waals surface area (Å²) in [5.74, 6) is 0.312. The molecule has 0 heterocycles. The highest BCUT2D eigenvalue weighted by atomic mass is 35.5. The molecule has 3 aromatic rings. The number of sulfonamides is 1. The lowest BCUT2D eigenvalue weighted by atomic mass is 10.1. The van der Waals surface area contributed by atoms with Gasteiger partial charge in [0.1, 0.15) is 12.3 Å². The van der Waals surface area contributed by atoms with Crippen molar-refractivity contribution in [3.8, 4) is 5.75 Å². The number of nitrogens with one attached hydrogen (secondary N) is 1. The Morgan fingerprint density at radius 1 is 1.03 bits per heavy atom. The third-order valence-electron chi connectivity index (χ3n) is 5.19. The second kappa shape index (κ2) is 10.7. The molecule has 0 radical (unpaired) electrons. The summed E-state index contributed by atoms with van der Waals surface area (Å²) in [5, 5.41) is 3.31. The lowest BCUT2D eigenvalue weighted by Gasteiger charge is -2.26. The number of halogens is 1. The van der Waals surface area contributed by atoms with Gasteiger partial charge in [0.05, 0.1) is 23.2 Å². The summed E-state index contributed by atoms with van der Waals surface area (Å²) in [6.45, 7) is 5.66. The maximum Gasteiger partial charge on any atom is 0.264 e. The van der Waals surface area contributed by atoms with Crippen molar-refractivity contribution in [2.24, 2.45) is 0 Å². The van der Waals surface area contributed by atoms with Crippen molar-refractivity contribution in [3.05, 3.63) is 88.9 Å². The molecule has 1 atom stereocenters. The molecule has 3 aromatic carbocycles. The maximum atomic E-state index is 13.5. The SMILES string of the molecule is CCOc1ccc([C@H](C)NC(=O)CN(c2cccc(Cl)c2C)S(=O)(=O)c2ccccc2)cc1. The quantitative estimate of drug-likeness (QED) is 0.455. The van der Waals surface area contributed by atoms with E-state index in [1.54, 1.807) is 43.3 Å². The van der Waals surface area contributed by atoms with Crippen molar-refractivity contribution in [2.45, 2.75) is 31.7 Å². The van der Waals surface area contributed by atoms with Gasteiger partial charge in [0.15, 0.2) is 0 Å². The van der Waals surface area contributed by atoms with Crippen LogP contribution in [0.3, 0.4) is 0 Å². The molecule has 0 aliphatic heterocycles. The monoisotopic (exact) mass is 486 g/mol. The van der Waals surface area contributed by atoms with Gasteiger partial charge in [-0.3, -0.25) is 9.10 Å². The predicted octanol–water partition coefficient (Wildman–Crippen LogP) is 5.12. The molecule has 1 N–H and O–H groups in total. The van der Waals surface area contributed by atoms with Crippen molar-refractivity contribution in [1.29, 1.82) is 0 Å². The zero-order valence-electron chi connectivity index (χ0n) is 18.8. The van der Waals surface area contributed by atoms with E-state index in [4.69, 9.17) is 16.3 Å². The molecule has 0 unspecified atom stereocenters. The highest BCUT2D eigenvalue weighted by Crippen LogP contribution is 2.31. The smallest absolute Gasteiger partial charge is 0.264 e. The van der Waals surface area contributed by atoms with Crippen molar-refractivity contribution in [1.82, 2.24) is 5.32 Å². The highest BCUT2D eigenvalue weighted by Gasteiger charge is 2.29. The Balaban J connectivity index is 1.87. The molecule has 6 nitrogen and oxygen atoms in total. The highest BCUT2D eigenvalue weighted by molar-refractivity contribution is 7.92. The summed E-state index contributed by atoms with van der Waals surface area (Å²) in [4.78, 5) is 13.1. The lowest BCUT2D eigenvalue weighted by molar-refractivity contribution is -0.120. The van der Waals surface area contributed by atoms with Gasteiger partial charge < -0.3 is 10.1 Å². The first-order chi connectivity index (χ1) is 15.7. The number of carbonyl (C=O) groups excluding carboxylic acids is 1. The van der Waals surface area contributed by atoms with Crippen LogP contribution in [-0.2, 0) is 14.8 Å². The fraction of sp³-hybridized carbons (Fsp3) is 0.240. The second-order valence-electron chi connectivity index (χ2n) is 7.50. The molecule has 0 saturated carbocycles. The van der Waals surface area contributed by atoms with E-state index in [1.807, 2.05) is 38.1 Å². The predicted molar refractivity (Wildman–Crippen MR) is 131 cm³/mol. The van der Waals surface area contributed by atoms with E-state index >= 15 is 0 Å². The third-order valence-corrected chi connectivity index (χ3v) is 7.38. The summed E-state index contributed by atoms with van der Waals surface area (Å²) < 4.78 is 33.5. The third kappa shape index (κ3) is 5.86. The van der Waals surface area contributed by atoms with Crippen LogP contribution in [0.1, 0.15) is 31.0 Å². The molecule has 3 rings (SSSR count). The summed E-state index contributed by atoms with van der Waals surface area (Å²) in [6.07, 6.45) is 0. The van der Waals surface area contributed by atoms with Gasteiger partial charge in [-0.2, -0.15) is 0 Å². The number of anilines is 1. The van der Waals surface area contributed by atoms with Crippen molar-refractivity contribution in [3.63, 3.8) is 0 Å². The van der Waals surface area contributed by atoms with Gasteiger partial charge in [-0.1, -0.05) is 48.0 Å². The Bertz CT molecular complexity index is 1200. The molecule has 0 saturated heterocycles.